The van der Waals surface area contributed by atoms with Crippen LogP contribution >= 0.6 is 11.6 Å². The Hall–Kier alpha value is -2.98. The molecule has 11 heteroatoms. The second-order valence-electron chi connectivity index (χ2n) is 10.1. The van der Waals surface area contributed by atoms with Crippen molar-refractivity contribution >= 4 is 39.1 Å². The van der Waals surface area contributed by atoms with Crippen molar-refractivity contribution in [2.24, 2.45) is 0 Å². The fourth-order valence-electron chi connectivity index (χ4n) is 5.03. The average Bonchev–Trinajstić information content (AvgIpc) is 3.37. The number of rotatable bonds is 11. The Morgan fingerprint density at radius 3 is 2.54 bits per heavy atom. The summed E-state index contributed by atoms with van der Waals surface area (Å²) in [6.07, 6.45) is 6.71. The van der Waals surface area contributed by atoms with Crippen molar-refractivity contribution in [3.63, 3.8) is 0 Å². The predicted molar refractivity (Wildman–Crippen MR) is 150 cm³/mol. The molecule has 1 aliphatic carbocycles. The average molecular weight is 578 g/mol. The van der Waals surface area contributed by atoms with Crippen LogP contribution in [0.15, 0.2) is 42.5 Å². The number of amides is 2. The van der Waals surface area contributed by atoms with Crippen LogP contribution in [0.1, 0.15) is 57.4 Å². The maximum atomic E-state index is 13.5. The second-order valence-corrected chi connectivity index (χ2v) is 12.5. The molecule has 0 saturated heterocycles. The van der Waals surface area contributed by atoms with Crippen LogP contribution in [0.2, 0.25) is 5.02 Å². The van der Waals surface area contributed by atoms with Gasteiger partial charge < -0.3 is 19.7 Å². The van der Waals surface area contributed by atoms with E-state index in [4.69, 9.17) is 21.1 Å². The van der Waals surface area contributed by atoms with Gasteiger partial charge in [-0.3, -0.25) is 13.9 Å². The van der Waals surface area contributed by atoms with Crippen molar-refractivity contribution in [3.05, 3.63) is 53.1 Å². The van der Waals surface area contributed by atoms with Crippen LogP contribution in [0, 0.1) is 0 Å². The predicted octanol–water partition coefficient (Wildman–Crippen LogP) is 4.48. The Balaban J connectivity index is 1.45. The summed E-state index contributed by atoms with van der Waals surface area (Å²) >= 11 is 6.17. The van der Waals surface area contributed by atoms with E-state index in [9.17, 15) is 18.0 Å². The molecule has 0 spiro atoms. The molecule has 1 aliphatic heterocycles. The number of nitrogens with one attached hydrogen (secondary N) is 1. The van der Waals surface area contributed by atoms with Gasteiger partial charge in [0.1, 0.15) is 6.04 Å². The number of hydrogen-bond donors (Lipinski definition) is 1. The van der Waals surface area contributed by atoms with Crippen molar-refractivity contribution in [2.45, 2.75) is 70.5 Å². The zero-order chi connectivity index (χ0) is 28.0. The van der Waals surface area contributed by atoms with E-state index in [0.717, 1.165) is 37.5 Å². The lowest BCUT2D eigenvalue weighted by molar-refractivity contribution is -0.141. The van der Waals surface area contributed by atoms with Gasteiger partial charge in [-0.2, -0.15) is 0 Å². The lowest BCUT2D eigenvalue weighted by Crippen LogP contribution is -2.50. The standard InChI is InChI=1S/C28H36ClN3O6S/c1-20(28(34)30-23-10-4-3-5-11-23)31(18-21-8-6-9-22(29)16-21)27(33)12-7-15-32(39(2,35)36)24-13-14-25-26(17-24)38-19-37-25/h6,8-9,13-14,16-17,20,23H,3-5,7,10-12,15,18-19H2,1-2H3,(H,30,34)/t20-/m0/s1. The SMILES string of the molecule is C[C@@H](C(=O)NC1CCCCC1)N(Cc1cccc(Cl)c1)C(=O)CCCN(c1ccc2c(c1)OCO2)S(C)(=O)=O. The molecule has 2 aromatic rings. The fourth-order valence-corrected chi connectivity index (χ4v) is 6.20. The van der Waals surface area contributed by atoms with Gasteiger partial charge in [-0.05, 0) is 56.0 Å². The van der Waals surface area contributed by atoms with E-state index in [1.54, 1.807) is 42.2 Å². The highest BCUT2D eigenvalue weighted by atomic mass is 35.5. The first-order valence-corrected chi connectivity index (χ1v) is 15.6. The smallest absolute Gasteiger partial charge is 0.242 e. The summed E-state index contributed by atoms with van der Waals surface area (Å²) in [6, 6.07) is 11.6. The maximum absolute atomic E-state index is 13.5. The number of hydrogen-bond acceptors (Lipinski definition) is 6. The number of ether oxygens (including phenoxy) is 2. The molecule has 1 N–H and O–H groups in total. The highest BCUT2D eigenvalue weighted by Gasteiger charge is 2.29. The number of sulfonamides is 1. The van der Waals surface area contributed by atoms with Crippen molar-refractivity contribution in [1.82, 2.24) is 10.2 Å². The Morgan fingerprint density at radius 2 is 1.82 bits per heavy atom. The Kier molecular flexibility index (Phi) is 9.61. The summed E-state index contributed by atoms with van der Waals surface area (Å²) in [4.78, 5) is 28.2. The van der Waals surface area contributed by atoms with Gasteiger partial charge in [0.15, 0.2) is 11.5 Å². The van der Waals surface area contributed by atoms with Crippen LogP contribution in [0.4, 0.5) is 5.69 Å². The monoisotopic (exact) mass is 577 g/mol. The van der Waals surface area contributed by atoms with Gasteiger partial charge in [0.05, 0.1) is 11.9 Å². The van der Waals surface area contributed by atoms with Crippen molar-refractivity contribution in [3.8, 4) is 11.5 Å². The molecular weight excluding hydrogens is 542 g/mol. The molecule has 2 aliphatic rings. The quantitative estimate of drug-likeness (QED) is 0.422. The van der Waals surface area contributed by atoms with Gasteiger partial charge in [0, 0.05) is 36.6 Å². The summed E-state index contributed by atoms with van der Waals surface area (Å²) in [5, 5.41) is 3.67. The summed E-state index contributed by atoms with van der Waals surface area (Å²) in [5.41, 5.74) is 1.25. The molecule has 2 amide bonds. The van der Waals surface area contributed by atoms with Crippen LogP contribution in [0.3, 0.4) is 0 Å². The zero-order valence-electron chi connectivity index (χ0n) is 22.4. The highest BCUT2D eigenvalue weighted by Crippen LogP contribution is 2.36. The first kappa shape index (κ1) is 29.0. The first-order valence-electron chi connectivity index (χ1n) is 13.3. The topological polar surface area (TPSA) is 105 Å². The molecule has 1 fully saturated rings. The third-order valence-corrected chi connectivity index (χ3v) is 8.59. The third-order valence-electron chi connectivity index (χ3n) is 7.16. The molecule has 39 heavy (non-hydrogen) atoms. The van der Waals surface area contributed by atoms with Gasteiger partial charge in [-0.25, -0.2) is 8.42 Å². The number of nitrogens with zero attached hydrogens (tertiary/aromatic N) is 2. The minimum Gasteiger partial charge on any atom is -0.454 e. The van der Waals surface area contributed by atoms with Crippen LogP contribution < -0.4 is 19.1 Å². The van der Waals surface area contributed by atoms with E-state index in [0.29, 0.717) is 22.2 Å². The normalized spacial score (nSPS) is 16.0. The second kappa shape index (κ2) is 12.9. The molecule has 4 rings (SSSR count). The van der Waals surface area contributed by atoms with E-state index in [1.165, 1.54) is 10.7 Å². The van der Waals surface area contributed by atoms with Crippen LogP contribution in [0.25, 0.3) is 0 Å². The molecule has 0 aromatic heterocycles. The summed E-state index contributed by atoms with van der Waals surface area (Å²) in [7, 11) is -3.62. The number of fused-ring (bicyclic) bond motifs is 1. The van der Waals surface area contributed by atoms with E-state index in [2.05, 4.69) is 5.32 Å². The Labute approximate surface area is 235 Å². The van der Waals surface area contributed by atoms with Crippen molar-refractivity contribution in [1.29, 1.82) is 0 Å². The lowest BCUT2D eigenvalue weighted by atomic mass is 9.95. The van der Waals surface area contributed by atoms with Crippen molar-refractivity contribution in [2.75, 3.05) is 23.9 Å². The molecule has 1 saturated carbocycles. The molecule has 1 atom stereocenters. The van der Waals surface area contributed by atoms with Crippen molar-refractivity contribution < 1.29 is 27.5 Å². The van der Waals surface area contributed by atoms with E-state index >= 15 is 0 Å². The number of benzene rings is 2. The molecule has 212 valence electrons. The minimum absolute atomic E-state index is 0.0676. The number of halogens is 1. The molecule has 2 aromatic carbocycles. The van der Waals surface area contributed by atoms with Crippen LogP contribution in [-0.2, 0) is 26.2 Å². The Bertz CT molecular complexity index is 1280. The largest absolute Gasteiger partial charge is 0.454 e. The maximum Gasteiger partial charge on any atom is 0.242 e. The first-order chi connectivity index (χ1) is 18.6. The lowest BCUT2D eigenvalue weighted by Gasteiger charge is -2.31. The molecule has 0 bridgehead atoms. The zero-order valence-corrected chi connectivity index (χ0v) is 24.0. The minimum atomic E-state index is -3.62. The van der Waals surface area contributed by atoms with Crippen LogP contribution in [0.5, 0.6) is 11.5 Å². The van der Waals surface area contributed by atoms with Gasteiger partial charge in [0.25, 0.3) is 0 Å². The molecule has 0 unspecified atom stereocenters. The van der Waals surface area contributed by atoms with E-state index in [1.807, 2.05) is 12.1 Å². The van der Waals surface area contributed by atoms with Gasteiger partial charge in [-0.1, -0.05) is 43.0 Å². The van der Waals surface area contributed by atoms with Gasteiger partial charge in [0.2, 0.25) is 28.6 Å². The number of carbonyl (C=O) groups is 2. The van der Waals surface area contributed by atoms with E-state index < -0.39 is 16.1 Å². The molecular formula is C28H36ClN3O6S. The summed E-state index contributed by atoms with van der Waals surface area (Å²) in [6.45, 7) is 2.13. The molecule has 9 nitrogen and oxygen atoms in total. The number of carbonyl (C=O) groups excluding carboxylic acids is 2. The summed E-state index contributed by atoms with van der Waals surface area (Å²) < 4.78 is 37.2. The molecule has 1 heterocycles. The third kappa shape index (κ3) is 7.79. The van der Waals surface area contributed by atoms with Gasteiger partial charge in [-0.15, -0.1) is 0 Å². The molecule has 0 radical (unpaired) electrons. The van der Waals surface area contributed by atoms with Crippen LogP contribution in [-0.4, -0.2) is 56.8 Å². The number of anilines is 1. The highest BCUT2D eigenvalue weighted by molar-refractivity contribution is 7.92. The fraction of sp³-hybridized carbons (Fsp3) is 0.500. The van der Waals surface area contributed by atoms with E-state index in [-0.39, 0.29) is 50.6 Å². The van der Waals surface area contributed by atoms with Gasteiger partial charge >= 0.3 is 0 Å². The Morgan fingerprint density at radius 1 is 1.08 bits per heavy atom. The summed E-state index contributed by atoms with van der Waals surface area (Å²) in [5.74, 6) is 0.609.